The second-order valence-electron chi connectivity index (χ2n) is 4.25. The van der Waals surface area contributed by atoms with E-state index in [0.29, 0.717) is 10.3 Å². The Morgan fingerprint density at radius 3 is 2.53 bits per heavy atom. The van der Waals surface area contributed by atoms with Crippen molar-refractivity contribution in [3.63, 3.8) is 0 Å². The molecule has 0 aliphatic rings. The van der Waals surface area contributed by atoms with E-state index in [0.717, 1.165) is 26.1 Å². The lowest BCUT2D eigenvalue weighted by Gasteiger charge is -2.25. The lowest BCUT2D eigenvalue weighted by molar-refractivity contribution is 0.411. The average molecular weight is 304 g/mol. The van der Waals surface area contributed by atoms with Gasteiger partial charge in [0.2, 0.25) is 0 Å². The highest BCUT2D eigenvalue weighted by Crippen LogP contribution is 2.20. The molecule has 1 rings (SSSR count). The van der Waals surface area contributed by atoms with E-state index in [1.165, 1.54) is 6.07 Å². The van der Waals surface area contributed by atoms with E-state index >= 15 is 0 Å². The molecule has 0 aromatic carbocycles. The maximum absolute atomic E-state index is 13.8. The van der Waals surface area contributed by atoms with Gasteiger partial charge in [-0.3, -0.25) is 0 Å². The van der Waals surface area contributed by atoms with Crippen LogP contribution in [0.3, 0.4) is 0 Å². The van der Waals surface area contributed by atoms with E-state index in [4.69, 9.17) is 0 Å². The summed E-state index contributed by atoms with van der Waals surface area (Å²) in [6.07, 6.45) is 2.61. The quantitative estimate of drug-likeness (QED) is 0.805. The molecule has 0 amide bonds. The van der Waals surface area contributed by atoms with Crippen molar-refractivity contribution in [1.29, 1.82) is 0 Å². The summed E-state index contributed by atoms with van der Waals surface area (Å²) in [5, 5.41) is 0. The molecule has 17 heavy (non-hydrogen) atoms. The molecular formula is C12H19BrFN3. The Kier molecular flexibility index (Phi) is 5.85. The molecule has 1 aromatic rings. The number of hydrogen-bond acceptors (Lipinski definition) is 3. The smallest absolute Gasteiger partial charge is 0.166 e. The fourth-order valence-corrected chi connectivity index (χ4v) is 1.86. The van der Waals surface area contributed by atoms with Crippen molar-refractivity contribution < 1.29 is 4.39 Å². The van der Waals surface area contributed by atoms with E-state index < -0.39 is 0 Å². The number of nitrogens with zero attached hydrogens (tertiary/aromatic N) is 3. The van der Waals surface area contributed by atoms with E-state index in [1.54, 1.807) is 6.20 Å². The first-order chi connectivity index (χ1) is 8.04. The summed E-state index contributed by atoms with van der Waals surface area (Å²) >= 11 is 3.22. The van der Waals surface area contributed by atoms with Gasteiger partial charge in [0.15, 0.2) is 11.6 Å². The SMILES string of the molecule is CCCN(CCN(C)C)c1ncc(Br)cc1F. The molecule has 0 fully saturated rings. The molecule has 3 nitrogen and oxygen atoms in total. The van der Waals surface area contributed by atoms with Crippen LogP contribution >= 0.6 is 15.9 Å². The highest BCUT2D eigenvalue weighted by atomic mass is 79.9. The van der Waals surface area contributed by atoms with Crippen molar-refractivity contribution in [2.24, 2.45) is 0 Å². The molecule has 0 N–H and O–H groups in total. The molecule has 0 unspecified atom stereocenters. The van der Waals surface area contributed by atoms with Crippen LogP contribution in [0.4, 0.5) is 10.2 Å². The number of aromatic nitrogens is 1. The average Bonchev–Trinajstić information content (AvgIpc) is 2.24. The number of anilines is 1. The fraction of sp³-hybridized carbons (Fsp3) is 0.583. The Morgan fingerprint density at radius 1 is 1.29 bits per heavy atom. The summed E-state index contributed by atoms with van der Waals surface area (Å²) in [5.41, 5.74) is 0. The zero-order chi connectivity index (χ0) is 12.8. The van der Waals surface area contributed by atoms with Crippen LogP contribution in [0.25, 0.3) is 0 Å². The summed E-state index contributed by atoms with van der Waals surface area (Å²) in [6, 6.07) is 1.46. The van der Waals surface area contributed by atoms with Gasteiger partial charge in [0.25, 0.3) is 0 Å². The molecule has 0 radical (unpaired) electrons. The summed E-state index contributed by atoms with van der Waals surface area (Å²) < 4.78 is 14.5. The molecule has 1 aromatic heterocycles. The zero-order valence-corrected chi connectivity index (χ0v) is 12.2. The molecule has 0 atom stereocenters. The van der Waals surface area contributed by atoms with Crippen molar-refractivity contribution >= 4 is 21.7 Å². The third-order valence-electron chi connectivity index (χ3n) is 2.40. The van der Waals surface area contributed by atoms with Gasteiger partial charge in [0, 0.05) is 30.3 Å². The number of hydrogen-bond donors (Lipinski definition) is 0. The molecule has 0 saturated carbocycles. The first kappa shape index (κ1) is 14.4. The number of likely N-dealkylation sites (N-methyl/N-ethyl adjacent to an activating group) is 1. The largest absolute Gasteiger partial charge is 0.353 e. The van der Waals surface area contributed by atoms with Crippen LogP contribution in [0.5, 0.6) is 0 Å². The van der Waals surface area contributed by atoms with E-state index in [2.05, 4.69) is 32.7 Å². The van der Waals surface area contributed by atoms with E-state index in [-0.39, 0.29) is 5.82 Å². The second kappa shape index (κ2) is 6.91. The maximum atomic E-state index is 13.8. The van der Waals surface area contributed by atoms with Gasteiger partial charge in [0.1, 0.15) is 0 Å². The first-order valence-corrected chi connectivity index (χ1v) is 6.54. The maximum Gasteiger partial charge on any atom is 0.166 e. The topological polar surface area (TPSA) is 19.4 Å². The standard InChI is InChI=1S/C12H19BrFN3/c1-4-5-17(7-6-16(2)3)12-11(14)8-10(13)9-15-12/h8-9H,4-7H2,1-3H3. The van der Waals surface area contributed by atoms with Gasteiger partial charge in [-0.05, 0) is 42.5 Å². The highest BCUT2D eigenvalue weighted by molar-refractivity contribution is 9.10. The van der Waals surface area contributed by atoms with Crippen molar-refractivity contribution in [3.05, 3.63) is 22.6 Å². The Labute approximate surface area is 111 Å². The first-order valence-electron chi connectivity index (χ1n) is 5.75. The predicted octanol–water partition coefficient (Wildman–Crippen LogP) is 2.76. The molecule has 0 bridgehead atoms. The van der Waals surface area contributed by atoms with Gasteiger partial charge in [-0.25, -0.2) is 9.37 Å². The summed E-state index contributed by atoms with van der Waals surface area (Å²) in [5.74, 6) is 0.170. The van der Waals surface area contributed by atoms with E-state index in [9.17, 15) is 4.39 Å². The van der Waals surface area contributed by atoms with Crippen LogP contribution in [0.15, 0.2) is 16.7 Å². The number of halogens is 2. The molecule has 1 heterocycles. The Hall–Kier alpha value is -0.680. The van der Waals surface area contributed by atoms with Gasteiger partial charge in [0.05, 0.1) is 0 Å². The normalized spacial score (nSPS) is 10.9. The van der Waals surface area contributed by atoms with Crippen molar-refractivity contribution in [2.75, 3.05) is 38.6 Å². The lowest BCUT2D eigenvalue weighted by atomic mass is 10.3. The predicted molar refractivity (Wildman–Crippen MR) is 73.0 cm³/mol. The molecule has 5 heteroatoms. The fourth-order valence-electron chi connectivity index (χ4n) is 1.55. The summed E-state index contributed by atoms with van der Waals surface area (Å²) in [7, 11) is 4.02. The van der Waals surface area contributed by atoms with Crippen LogP contribution in [-0.2, 0) is 0 Å². The minimum atomic E-state index is -0.272. The Bertz CT molecular complexity index is 358. The van der Waals surface area contributed by atoms with Crippen LogP contribution in [-0.4, -0.2) is 43.6 Å². The molecule has 0 spiro atoms. The lowest BCUT2D eigenvalue weighted by Crippen LogP contribution is -2.33. The zero-order valence-electron chi connectivity index (χ0n) is 10.6. The van der Waals surface area contributed by atoms with Crippen LogP contribution in [0.2, 0.25) is 0 Å². The Morgan fingerprint density at radius 2 is 2.00 bits per heavy atom. The Balaban J connectivity index is 2.81. The van der Waals surface area contributed by atoms with Crippen molar-refractivity contribution in [2.45, 2.75) is 13.3 Å². The molecule has 0 saturated heterocycles. The van der Waals surface area contributed by atoms with Gasteiger partial charge in [-0.1, -0.05) is 6.92 Å². The van der Waals surface area contributed by atoms with Crippen LogP contribution < -0.4 is 4.90 Å². The van der Waals surface area contributed by atoms with Gasteiger partial charge in [-0.2, -0.15) is 0 Å². The van der Waals surface area contributed by atoms with Gasteiger partial charge >= 0.3 is 0 Å². The van der Waals surface area contributed by atoms with Crippen LogP contribution in [0.1, 0.15) is 13.3 Å². The highest BCUT2D eigenvalue weighted by Gasteiger charge is 2.12. The molecular weight excluding hydrogens is 285 g/mol. The third kappa shape index (κ3) is 4.60. The second-order valence-corrected chi connectivity index (χ2v) is 5.16. The third-order valence-corrected chi connectivity index (χ3v) is 2.83. The number of rotatable bonds is 6. The van der Waals surface area contributed by atoms with Crippen molar-refractivity contribution in [3.8, 4) is 0 Å². The summed E-state index contributed by atoms with van der Waals surface area (Å²) in [6.45, 7) is 4.57. The molecule has 96 valence electrons. The monoisotopic (exact) mass is 303 g/mol. The summed E-state index contributed by atoms with van der Waals surface area (Å²) in [4.78, 5) is 8.23. The van der Waals surface area contributed by atoms with Crippen LogP contribution in [0, 0.1) is 5.82 Å². The minimum absolute atomic E-state index is 0.272. The molecule has 0 aliphatic carbocycles. The number of pyridine rings is 1. The van der Waals surface area contributed by atoms with Crippen molar-refractivity contribution in [1.82, 2.24) is 9.88 Å². The van der Waals surface area contributed by atoms with Gasteiger partial charge < -0.3 is 9.80 Å². The molecule has 0 aliphatic heterocycles. The van der Waals surface area contributed by atoms with Gasteiger partial charge in [-0.15, -0.1) is 0 Å². The van der Waals surface area contributed by atoms with E-state index in [1.807, 2.05) is 19.0 Å². The minimum Gasteiger partial charge on any atom is -0.353 e.